The summed E-state index contributed by atoms with van der Waals surface area (Å²) in [6, 6.07) is 13.2. The van der Waals surface area contributed by atoms with Crippen molar-refractivity contribution in [1.82, 2.24) is 0 Å². The number of primary sulfonamides is 1. The second-order valence-corrected chi connectivity index (χ2v) is 7.42. The van der Waals surface area contributed by atoms with E-state index in [4.69, 9.17) is 9.88 Å². The van der Waals surface area contributed by atoms with Crippen LogP contribution in [0, 0.1) is 0 Å². The molecule has 0 unspecified atom stereocenters. The number of rotatable bonds is 7. The van der Waals surface area contributed by atoms with Crippen LogP contribution >= 0.6 is 11.8 Å². The van der Waals surface area contributed by atoms with Gasteiger partial charge in [0.1, 0.15) is 5.75 Å². The standard InChI is InChI=1S/C16H18N2O4S2/c1-2-22-13-5-7-14(8-6-13)23-11-16(19)18-12-3-9-15(10-4-12)24(17,20)21/h3-10H,2,11H2,1H3,(H,18,19)(H2,17,20,21). The molecule has 2 rings (SSSR count). The van der Waals surface area contributed by atoms with Gasteiger partial charge in [0.05, 0.1) is 17.3 Å². The third-order valence-corrected chi connectivity index (χ3v) is 4.91. The van der Waals surface area contributed by atoms with Gasteiger partial charge in [-0.1, -0.05) is 0 Å². The monoisotopic (exact) mass is 366 g/mol. The van der Waals surface area contributed by atoms with Gasteiger partial charge >= 0.3 is 0 Å². The maximum atomic E-state index is 11.9. The molecule has 0 aliphatic heterocycles. The summed E-state index contributed by atoms with van der Waals surface area (Å²) in [5.41, 5.74) is 0.514. The molecule has 1 amide bonds. The summed E-state index contributed by atoms with van der Waals surface area (Å²) in [5.74, 6) is 0.851. The first-order chi connectivity index (χ1) is 11.4. The van der Waals surface area contributed by atoms with Gasteiger partial charge in [-0.3, -0.25) is 4.79 Å². The quantitative estimate of drug-likeness (QED) is 0.734. The number of hydrogen-bond acceptors (Lipinski definition) is 5. The molecule has 6 nitrogen and oxygen atoms in total. The number of hydrogen-bond donors (Lipinski definition) is 2. The summed E-state index contributed by atoms with van der Waals surface area (Å²) in [6.07, 6.45) is 0. The lowest BCUT2D eigenvalue weighted by Gasteiger charge is -2.07. The zero-order valence-corrected chi connectivity index (χ0v) is 14.7. The number of carbonyl (C=O) groups excluding carboxylic acids is 1. The Morgan fingerprint density at radius 1 is 1.12 bits per heavy atom. The summed E-state index contributed by atoms with van der Waals surface area (Å²) < 4.78 is 27.7. The molecular weight excluding hydrogens is 348 g/mol. The molecular formula is C16H18N2O4S2. The minimum atomic E-state index is -3.73. The molecule has 8 heteroatoms. The summed E-state index contributed by atoms with van der Waals surface area (Å²) in [7, 11) is -3.73. The number of nitrogens with two attached hydrogens (primary N) is 1. The third-order valence-electron chi connectivity index (χ3n) is 2.97. The lowest BCUT2D eigenvalue weighted by atomic mass is 10.3. The highest BCUT2D eigenvalue weighted by Gasteiger charge is 2.08. The summed E-state index contributed by atoms with van der Waals surface area (Å²) in [5, 5.41) is 7.72. The maximum absolute atomic E-state index is 11.9. The Morgan fingerprint density at radius 3 is 2.29 bits per heavy atom. The van der Waals surface area contributed by atoms with Gasteiger partial charge in [-0.25, -0.2) is 13.6 Å². The summed E-state index contributed by atoms with van der Waals surface area (Å²) >= 11 is 1.40. The number of anilines is 1. The number of sulfonamides is 1. The molecule has 0 spiro atoms. The fourth-order valence-electron chi connectivity index (χ4n) is 1.87. The van der Waals surface area contributed by atoms with E-state index in [1.54, 1.807) is 0 Å². The largest absolute Gasteiger partial charge is 0.494 e. The van der Waals surface area contributed by atoms with Crippen LogP contribution in [0.1, 0.15) is 6.92 Å². The molecule has 24 heavy (non-hydrogen) atoms. The molecule has 2 aromatic rings. The molecule has 0 heterocycles. The van der Waals surface area contributed by atoms with Gasteiger partial charge in [-0.2, -0.15) is 0 Å². The van der Waals surface area contributed by atoms with Crippen molar-refractivity contribution in [2.24, 2.45) is 5.14 Å². The van der Waals surface area contributed by atoms with Gasteiger partial charge < -0.3 is 10.1 Å². The lowest BCUT2D eigenvalue weighted by Crippen LogP contribution is -2.15. The SMILES string of the molecule is CCOc1ccc(SCC(=O)Nc2ccc(S(N)(=O)=O)cc2)cc1. The van der Waals surface area contributed by atoms with Gasteiger partial charge in [-0.15, -0.1) is 11.8 Å². The van der Waals surface area contributed by atoms with Crippen LogP contribution in [-0.2, 0) is 14.8 Å². The number of carbonyl (C=O) groups is 1. The second kappa shape index (κ2) is 8.18. The van der Waals surface area contributed by atoms with E-state index < -0.39 is 10.0 Å². The fourth-order valence-corrected chi connectivity index (χ4v) is 3.09. The van der Waals surface area contributed by atoms with Crippen LogP contribution in [0.25, 0.3) is 0 Å². The number of benzene rings is 2. The van der Waals surface area contributed by atoms with Gasteiger partial charge in [0, 0.05) is 10.6 Å². The topological polar surface area (TPSA) is 98.5 Å². The zero-order valence-electron chi connectivity index (χ0n) is 13.1. The highest BCUT2D eigenvalue weighted by Crippen LogP contribution is 2.22. The van der Waals surface area contributed by atoms with Crippen LogP contribution in [0.5, 0.6) is 5.75 Å². The first-order valence-electron chi connectivity index (χ1n) is 7.17. The van der Waals surface area contributed by atoms with E-state index in [0.29, 0.717) is 12.3 Å². The van der Waals surface area contributed by atoms with E-state index in [2.05, 4.69) is 5.32 Å². The molecule has 0 aromatic heterocycles. The summed E-state index contributed by atoms with van der Waals surface area (Å²) in [4.78, 5) is 12.9. The molecule has 0 saturated carbocycles. The number of nitrogens with one attached hydrogen (secondary N) is 1. The second-order valence-electron chi connectivity index (χ2n) is 4.81. The Hall–Kier alpha value is -2.03. The first kappa shape index (κ1) is 18.3. The molecule has 0 aliphatic carbocycles. The highest BCUT2D eigenvalue weighted by atomic mass is 32.2. The molecule has 0 atom stereocenters. The minimum absolute atomic E-state index is 0.00395. The van der Waals surface area contributed by atoms with Crippen molar-refractivity contribution in [1.29, 1.82) is 0 Å². The third kappa shape index (κ3) is 5.55. The fraction of sp³-hybridized carbons (Fsp3) is 0.188. The minimum Gasteiger partial charge on any atom is -0.494 e. The molecule has 0 aliphatic rings. The predicted octanol–water partition coefficient (Wildman–Crippen LogP) is 2.46. The Bertz CT molecular complexity index is 788. The predicted molar refractivity (Wildman–Crippen MR) is 94.8 cm³/mol. The van der Waals surface area contributed by atoms with Crippen molar-refractivity contribution >= 4 is 33.4 Å². The van der Waals surface area contributed by atoms with E-state index in [-0.39, 0.29) is 16.6 Å². The van der Waals surface area contributed by atoms with Crippen molar-refractivity contribution < 1.29 is 17.9 Å². The average Bonchev–Trinajstić information content (AvgIpc) is 2.54. The van der Waals surface area contributed by atoms with Crippen molar-refractivity contribution in [2.75, 3.05) is 17.7 Å². The highest BCUT2D eigenvalue weighted by molar-refractivity contribution is 8.00. The molecule has 0 fully saturated rings. The number of amides is 1. The van der Waals surface area contributed by atoms with Crippen LogP contribution in [0.4, 0.5) is 5.69 Å². The molecule has 0 radical (unpaired) electrons. The van der Waals surface area contributed by atoms with E-state index >= 15 is 0 Å². The Labute approximate surface area is 145 Å². The molecule has 128 valence electrons. The van der Waals surface area contributed by atoms with Gasteiger partial charge in [-0.05, 0) is 55.5 Å². The van der Waals surface area contributed by atoms with Crippen molar-refractivity contribution in [3.05, 3.63) is 48.5 Å². The maximum Gasteiger partial charge on any atom is 0.238 e. The van der Waals surface area contributed by atoms with Gasteiger partial charge in [0.25, 0.3) is 0 Å². The Morgan fingerprint density at radius 2 is 1.75 bits per heavy atom. The van der Waals surface area contributed by atoms with E-state index in [1.165, 1.54) is 36.0 Å². The van der Waals surface area contributed by atoms with Crippen molar-refractivity contribution in [3.8, 4) is 5.75 Å². The summed E-state index contributed by atoms with van der Waals surface area (Å²) in [6.45, 7) is 2.53. The van der Waals surface area contributed by atoms with Crippen LogP contribution in [0.3, 0.4) is 0 Å². The van der Waals surface area contributed by atoms with Crippen LogP contribution in [-0.4, -0.2) is 26.7 Å². The molecule has 0 bridgehead atoms. The van der Waals surface area contributed by atoms with Crippen molar-refractivity contribution in [3.63, 3.8) is 0 Å². The molecule has 0 saturated heterocycles. The van der Waals surface area contributed by atoms with E-state index in [1.807, 2.05) is 31.2 Å². The smallest absolute Gasteiger partial charge is 0.238 e. The number of thioether (sulfide) groups is 1. The van der Waals surface area contributed by atoms with Crippen LogP contribution in [0.15, 0.2) is 58.3 Å². The number of ether oxygens (including phenoxy) is 1. The van der Waals surface area contributed by atoms with E-state index in [0.717, 1.165) is 10.6 Å². The van der Waals surface area contributed by atoms with Gasteiger partial charge in [0.2, 0.25) is 15.9 Å². The average molecular weight is 366 g/mol. The molecule has 3 N–H and O–H groups in total. The lowest BCUT2D eigenvalue weighted by molar-refractivity contribution is -0.113. The van der Waals surface area contributed by atoms with Crippen LogP contribution in [0.2, 0.25) is 0 Å². The normalized spacial score (nSPS) is 11.1. The molecule has 2 aromatic carbocycles. The Balaban J connectivity index is 1.87. The van der Waals surface area contributed by atoms with Gasteiger partial charge in [0.15, 0.2) is 0 Å². The van der Waals surface area contributed by atoms with Crippen molar-refractivity contribution in [2.45, 2.75) is 16.7 Å². The Kier molecular flexibility index (Phi) is 6.24. The first-order valence-corrected chi connectivity index (χ1v) is 9.70. The zero-order chi connectivity index (χ0) is 17.6. The van der Waals surface area contributed by atoms with Crippen LogP contribution < -0.4 is 15.2 Å². The van der Waals surface area contributed by atoms with E-state index in [9.17, 15) is 13.2 Å².